The van der Waals surface area contributed by atoms with Crippen molar-refractivity contribution in [2.75, 3.05) is 19.6 Å². The molecule has 2 nitrogen and oxygen atoms in total. The second-order valence-electron chi connectivity index (χ2n) is 9.83. The van der Waals surface area contributed by atoms with Gasteiger partial charge in [-0.15, -0.1) is 11.3 Å². The summed E-state index contributed by atoms with van der Waals surface area (Å²) in [6, 6.07) is 20.8. The molecule has 1 aliphatic heterocycles. The molecule has 2 aromatic carbocycles. The first-order valence-electron chi connectivity index (χ1n) is 12.3. The van der Waals surface area contributed by atoms with Crippen LogP contribution in [0.1, 0.15) is 68.4 Å². The van der Waals surface area contributed by atoms with Gasteiger partial charge in [0.25, 0.3) is 0 Å². The average Bonchev–Trinajstić information content (AvgIpc) is 3.24. The summed E-state index contributed by atoms with van der Waals surface area (Å²) in [4.78, 5) is 2.81. The monoisotopic (exact) mass is 446 g/mol. The number of hydrogen-bond donors (Lipinski definition) is 2. The summed E-state index contributed by atoms with van der Waals surface area (Å²) in [6.07, 6.45) is 2.58. The topological polar surface area (TPSA) is 24.1 Å². The van der Waals surface area contributed by atoms with Crippen LogP contribution in [-0.4, -0.2) is 19.6 Å². The number of hydrogen-bond acceptors (Lipinski definition) is 3. The molecule has 1 aromatic heterocycles. The largest absolute Gasteiger partial charge is 0.317 e. The van der Waals surface area contributed by atoms with Crippen molar-refractivity contribution >= 4 is 11.3 Å². The van der Waals surface area contributed by atoms with Crippen molar-refractivity contribution < 1.29 is 0 Å². The standard InChI is InChI=1S/C29H38N2S/c1-20(2)23-5-9-25(10-6-23)28-17-27(19-31-18-22-13-15-30-16-14-22)32-29(28)26-11-7-24(8-12-26)21(3)4/h5-12,17,20-22,30-31H,13-16,18-19H2,1-4H3. The fourth-order valence-electron chi connectivity index (χ4n) is 4.51. The highest BCUT2D eigenvalue weighted by Crippen LogP contribution is 2.40. The lowest BCUT2D eigenvalue weighted by molar-refractivity contribution is 0.357. The third-order valence-corrected chi connectivity index (χ3v) is 7.89. The molecule has 4 rings (SSSR count). The summed E-state index contributed by atoms with van der Waals surface area (Å²) in [5, 5.41) is 7.21. The lowest BCUT2D eigenvalue weighted by Gasteiger charge is -2.22. The first kappa shape index (κ1) is 23.2. The van der Waals surface area contributed by atoms with Crippen molar-refractivity contribution in [1.82, 2.24) is 10.6 Å². The van der Waals surface area contributed by atoms with E-state index >= 15 is 0 Å². The molecule has 170 valence electrons. The van der Waals surface area contributed by atoms with Crippen LogP contribution in [0.15, 0.2) is 54.6 Å². The maximum atomic E-state index is 3.75. The van der Waals surface area contributed by atoms with E-state index in [9.17, 15) is 0 Å². The van der Waals surface area contributed by atoms with Gasteiger partial charge in [0.05, 0.1) is 0 Å². The molecule has 0 radical (unpaired) electrons. The molecule has 0 atom stereocenters. The molecule has 32 heavy (non-hydrogen) atoms. The van der Waals surface area contributed by atoms with Crippen LogP contribution in [0.2, 0.25) is 0 Å². The van der Waals surface area contributed by atoms with Crippen LogP contribution >= 0.6 is 11.3 Å². The Morgan fingerprint density at radius 1 is 0.844 bits per heavy atom. The fraction of sp³-hybridized carbons (Fsp3) is 0.448. The fourth-order valence-corrected chi connectivity index (χ4v) is 5.66. The van der Waals surface area contributed by atoms with Crippen LogP contribution in [0.4, 0.5) is 0 Å². The van der Waals surface area contributed by atoms with Crippen LogP contribution in [0.5, 0.6) is 0 Å². The first-order valence-corrected chi connectivity index (χ1v) is 13.1. The van der Waals surface area contributed by atoms with Gasteiger partial charge in [0.1, 0.15) is 0 Å². The third kappa shape index (κ3) is 5.70. The highest BCUT2D eigenvalue weighted by Gasteiger charge is 2.16. The highest BCUT2D eigenvalue weighted by molar-refractivity contribution is 7.16. The normalized spacial score (nSPS) is 15.1. The summed E-state index contributed by atoms with van der Waals surface area (Å²) in [7, 11) is 0. The van der Waals surface area contributed by atoms with Crippen molar-refractivity contribution in [2.45, 2.75) is 58.9 Å². The Bertz CT molecular complexity index is 908. The maximum Gasteiger partial charge on any atom is 0.0424 e. The van der Waals surface area contributed by atoms with Gasteiger partial charge in [-0.2, -0.15) is 0 Å². The second kappa shape index (κ2) is 10.8. The van der Waals surface area contributed by atoms with Gasteiger partial charge < -0.3 is 10.6 Å². The van der Waals surface area contributed by atoms with E-state index in [-0.39, 0.29) is 0 Å². The van der Waals surface area contributed by atoms with Gasteiger partial charge in [0, 0.05) is 21.9 Å². The SMILES string of the molecule is CC(C)c1ccc(-c2cc(CNCC3CCNCC3)sc2-c2ccc(C(C)C)cc2)cc1. The molecular formula is C29H38N2S. The molecule has 3 aromatic rings. The van der Waals surface area contributed by atoms with Crippen LogP contribution in [0.3, 0.4) is 0 Å². The predicted octanol–water partition coefficient (Wildman–Crippen LogP) is 7.42. The molecule has 0 amide bonds. The highest BCUT2D eigenvalue weighted by atomic mass is 32.1. The Morgan fingerprint density at radius 3 is 1.97 bits per heavy atom. The van der Waals surface area contributed by atoms with Crippen LogP contribution in [0, 0.1) is 5.92 Å². The Hall–Kier alpha value is -1.94. The lowest BCUT2D eigenvalue weighted by atomic mass is 9.96. The number of thiophene rings is 1. The van der Waals surface area contributed by atoms with E-state index in [4.69, 9.17) is 0 Å². The Labute approximate surface area is 198 Å². The third-order valence-electron chi connectivity index (χ3n) is 6.70. The van der Waals surface area contributed by atoms with Gasteiger partial charge >= 0.3 is 0 Å². The summed E-state index contributed by atoms with van der Waals surface area (Å²) in [5.74, 6) is 1.93. The van der Waals surface area contributed by atoms with Gasteiger partial charge in [0.2, 0.25) is 0 Å². The summed E-state index contributed by atoms with van der Waals surface area (Å²) in [5.41, 5.74) is 6.80. The number of piperidine rings is 1. The van der Waals surface area contributed by atoms with Crippen molar-refractivity contribution in [1.29, 1.82) is 0 Å². The Balaban J connectivity index is 1.58. The zero-order valence-electron chi connectivity index (χ0n) is 20.1. The van der Waals surface area contributed by atoms with Gasteiger partial charge in [-0.05, 0) is 78.5 Å². The van der Waals surface area contributed by atoms with E-state index in [1.807, 2.05) is 11.3 Å². The molecule has 0 spiro atoms. The lowest BCUT2D eigenvalue weighted by Crippen LogP contribution is -2.33. The molecule has 0 unspecified atom stereocenters. The number of nitrogens with one attached hydrogen (secondary N) is 2. The molecule has 2 N–H and O–H groups in total. The quantitative estimate of drug-likeness (QED) is 0.376. The van der Waals surface area contributed by atoms with Crippen molar-refractivity contribution in [2.24, 2.45) is 5.92 Å². The van der Waals surface area contributed by atoms with Crippen LogP contribution in [0.25, 0.3) is 21.6 Å². The van der Waals surface area contributed by atoms with Gasteiger partial charge in [0.15, 0.2) is 0 Å². The molecule has 2 heterocycles. The Kier molecular flexibility index (Phi) is 7.83. The molecule has 1 saturated heterocycles. The summed E-state index contributed by atoms with van der Waals surface area (Å²) < 4.78 is 0. The molecule has 0 bridgehead atoms. The molecular weight excluding hydrogens is 408 g/mol. The first-order chi connectivity index (χ1) is 15.5. The second-order valence-corrected chi connectivity index (χ2v) is 11.0. The molecule has 1 aliphatic rings. The summed E-state index contributed by atoms with van der Waals surface area (Å²) >= 11 is 1.94. The number of benzene rings is 2. The molecule has 0 aliphatic carbocycles. The predicted molar refractivity (Wildman–Crippen MR) is 141 cm³/mol. The van der Waals surface area contributed by atoms with Gasteiger partial charge in [-0.1, -0.05) is 76.2 Å². The maximum absolute atomic E-state index is 3.75. The Morgan fingerprint density at radius 2 is 1.41 bits per heavy atom. The molecule has 0 saturated carbocycles. The van der Waals surface area contributed by atoms with Crippen molar-refractivity contribution in [3.63, 3.8) is 0 Å². The zero-order valence-corrected chi connectivity index (χ0v) is 20.9. The minimum absolute atomic E-state index is 0.560. The van der Waals surface area contributed by atoms with Crippen LogP contribution in [-0.2, 0) is 6.54 Å². The summed E-state index contributed by atoms with van der Waals surface area (Å²) in [6.45, 7) is 13.4. The van der Waals surface area contributed by atoms with E-state index in [0.29, 0.717) is 11.8 Å². The van der Waals surface area contributed by atoms with Gasteiger partial charge in [-0.3, -0.25) is 0 Å². The van der Waals surface area contributed by atoms with Gasteiger partial charge in [-0.25, -0.2) is 0 Å². The van der Waals surface area contributed by atoms with E-state index in [2.05, 4.69) is 92.9 Å². The zero-order chi connectivity index (χ0) is 22.5. The molecule has 3 heteroatoms. The smallest absolute Gasteiger partial charge is 0.0424 e. The van der Waals surface area contributed by atoms with E-state index in [1.165, 1.54) is 63.5 Å². The molecule has 1 fully saturated rings. The van der Waals surface area contributed by atoms with E-state index < -0.39 is 0 Å². The van der Waals surface area contributed by atoms with E-state index in [1.54, 1.807) is 0 Å². The van der Waals surface area contributed by atoms with Crippen LogP contribution < -0.4 is 10.6 Å². The minimum atomic E-state index is 0.560. The average molecular weight is 447 g/mol. The van der Waals surface area contributed by atoms with Crippen molar-refractivity contribution in [3.8, 4) is 21.6 Å². The van der Waals surface area contributed by atoms with E-state index in [0.717, 1.165) is 19.0 Å². The van der Waals surface area contributed by atoms with Crippen molar-refractivity contribution in [3.05, 3.63) is 70.6 Å². The number of rotatable bonds is 8. The minimum Gasteiger partial charge on any atom is -0.317 e.